The normalized spacial score (nSPS) is 17.2. The lowest BCUT2D eigenvalue weighted by atomic mass is 9.82. The molecule has 44 heavy (non-hydrogen) atoms. The van der Waals surface area contributed by atoms with E-state index < -0.39 is 79.0 Å². The van der Waals surface area contributed by atoms with Gasteiger partial charge in [0.25, 0.3) is 0 Å². The number of aromatic nitrogens is 2. The summed E-state index contributed by atoms with van der Waals surface area (Å²) in [5.74, 6) is -10.3. The Bertz CT molecular complexity index is 1440. The summed E-state index contributed by atoms with van der Waals surface area (Å²) in [6.07, 6.45) is -2.62. The number of hydrogen-bond acceptors (Lipinski definition) is 4. The zero-order chi connectivity index (χ0) is 32.3. The van der Waals surface area contributed by atoms with Crippen molar-refractivity contribution in [2.75, 3.05) is 6.54 Å². The van der Waals surface area contributed by atoms with Crippen LogP contribution >= 0.6 is 0 Å². The molecule has 240 valence electrons. The van der Waals surface area contributed by atoms with Gasteiger partial charge in [0.2, 0.25) is 17.8 Å². The van der Waals surface area contributed by atoms with Crippen LogP contribution in [0.2, 0.25) is 0 Å². The summed E-state index contributed by atoms with van der Waals surface area (Å²) in [6, 6.07) is 10.4. The second-order valence-corrected chi connectivity index (χ2v) is 12.1. The third kappa shape index (κ3) is 8.88. The van der Waals surface area contributed by atoms with Crippen LogP contribution < -0.4 is 10.6 Å². The van der Waals surface area contributed by atoms with E-state index in [1.54, 1.807) is 30.3 Å². The molecular formula is C31H36F6N4O3. The van der Waals surface area contributed by atoms with Crippen molar-refractivity contribution < 1.29 is 40.7 Å². The third-order valence-electron chi connectivity index (χ3n) is 7.59. The number of imidazole rings is 1. The standard InChI is InChI=1S/C31H36F6N4O3/c1-29(2,33)17-38-27(42)21(15-30(3,34)35)20-9-10-22-25(23(20)32)40-26(39-22)24(19-11-13-31(36,37)14-12-19)41-28(43)44-16-18-7-5-4-6-8-18/h4-10,19,21,24H,11-17H2,1-3H3,(H,38,42)(H,39,40)(H,41,43)/t21-,24-/m0/s1. The molecule has 1 saturated carbocycles. The first-order valence-electron chi connectivity index (χ1n) is 14.4. The Kier molecular flexibility index (Phi) is 9.84. The van der Waals surface area contributed by atoms with Crippen molar-refractivity contribution in [1.82, 2.24) is 20.6 Å². The smallest absolute Gasteiger partial charge is 0.408 e. The predicted molar refractivity (Wildman–Crippen MR) is 152 cm³/mol. The minimum atomic E-state index is -3.36. The summed E-state index contributed by atoms with van der Waals surface area (Å²) < 4.78 is 91.4. The Hall–Kier alpha value is -3.77. The molecule has 0 saturated heterocycles. The van der Waals surface area contributed by atoms with Crippen LogP contribution in [-0.2, 0) is 16.1 Å². The van der Waals surface area contributed by atoms with Gasteiger partial charge in [-0.25, -0.2) is 36.1 Å². The number of aromatic amines is 1. The fraction of sp³-hybridized carbons (Fsp3) is 0.516. The van der Waals surface area contributed by atoms with Crippen LogP contribution in [0.4, 0.5) is 31.1 Å². The van der Waals surface area contributed by atoms with Gasteiger partial charge in [-0.1, -0.05) is 36.4 Å². The number of fused-ring (bicyclic) bond motifs is 1. The van der Waals surface area contributed by atoms with Crippen LogP contribution in [0.3, 0.4) is 0 Å². The summed E-state index contributed by atoms with van der Waals surface area (Å²) >= 11 is 0. The van der Waals surface area contributed by atoms with Crippen molar-refractivity contribution in [1.29, 1.82) is 0 Å². The lowest BCUT2D eigenvalue weighted by Gasteiger charge is -2.33. The summed E-state index contributed by atoms with van der Waals surface area (Å²) in [5, 5.41) is 4.95. The van der Waals surface area contributed by atoms with Crippen LogP contribution in [0, 0.1) is 11.7 Å². The van der Waals surface area contributed by atoms with Gasteiger partial charge in [-0.15, -0.1) is 0 Å². The molecule has 3 N–H and O–H groups in total. The zero-order valence-electron chi connectivity index (χ0n) is 24.7. The number of carbonyl (C=O) groups excluding carboxylic acids is 2. The monoisotopic (exact) mass is 626 g/mol. The van der Waals surface area contributed by atoms with Crippen molar-refractivity contribution in [2.45, 2.75) is 89.0 Å². The maximum Gasteiger partial charge on any atom is 0.408 e. The van der Waals surface area contributed by atoms with E-state index in [1.807, 2.05) is 0 Å². The van der Waals surface area contributed by atoms with Crippen LogP contribution in [0.5, 0.6) is 0 Å². The van der Waals surface area contributed by atoms with Crippen LogP contribution in [0.15, 0.2) is 42.5 Å². The van der Waals surface area contributed by atoms with E-state index in [0.717, 1.165) is 5.56 Å². The Balaban J connectivity index is 1.64. The lowest BCUT2D eigenvalue weighted by Crippen LogP contribution is -2.39. The maximum absolute atomic E-state index is 15.9. The van der Waals surface area contributed by atoms with Crippen LogP contribution in [0.25, 0.3) is 11.0 Å². The molecule has 7 nitrogen and oxygen atoms in total. The SMILES string of the molecule is CC(C)(F)CNC(=O)[C@@H](CC(C)(F)F)c1ccc2[nH]c([C@@H](NC(=O)OCc3ccccc3)C3CCC(F)(F)CC3)nc2c1F. The second kappa shape index (κ2) is 13.1. The molecule has 2 amide bonds. The highest BCUT2D eigenvalue weighted by Gasteiger charge is 2.40. The number of nitrogens with zero attached hydrogens (tertiary/aromatic N) is 1. The minimum absolute atomic E-state index is 0.0418. The molecule has 0 spiro atoms. The molecular weight excluding hydrogens is 590 g/mol. The Morgan fingerprint density at radius 1 is 1.07 bits per heavy atom. The number of amides is 2. The molecule has 0 bridgehead atoms. The number of benzene rings is 2. The number of nitrogens with one attached hydrogen (secondary N) is 3. The first kappa shape index (κ1) is 33.1. The minimum Gasteiger partial charge on any atom is -0.445 e. The Morgan fingerprint density at radius 2 is 1.73 bits per heavy atom. The molecule has 4 rings (SSSR count). The van der Waals surface area contributed by atoms with E-state index >= 15 is 4.39 Å². The second-order valence-electron chi connectivity index (χ2n) is 12.1. The Morgan fingerprint density at radius 3 is 2.34 bits per heavy atom. The van der Waals surface area contributed by atoms with E-state index in [0.29, 0.717) is 6.92 Å². The van der Waals surface area contributed by atoms with E-state index in [-0.39, 0.29) is 41.9 Å². The molecule has 1 heterocycles. The van der Waals surface area contributed by atoms with Gasteiger partial charge in [-0.05, 0) is 51.2 Å². The van der Waals surface area contributed by atoms with Gasteiger partial charge in [0, 0.05) is 24.8 Å². The van der Waals surface area contributed by atoms with Gasteiger partial charge in [-0.3, -0.25) is 4.79 Å². The lowest BCUT2D eigenvalue weighted by molar-refractivity contribution is -0.125. The highest BCUT2D eigenvalue weighted by Crippen LogP contribution is 2.42. The third-order valence-corrected chi connectivity index (χ3v) is 7.59. The number of halogens is 6. The van der Waals surface area contributed by atoms with Crippen molar-refractivity contribution in [3.05, 3.63) is 65.2 Å². The summed E-state index contributed by atoms with van der Waals surface area (Å²) in [6.45, 7) is 2.47. The van der Waals surface area contributed by atoms with Crippen LogP contribution in [0.1, 0.15) is 81.8 Å². The molecule has 1 aromatic heterocycles. The molecule has 0 unspecified atom stereocenters. The zero-order valence-corrected chi connectivity index (χ0v) is 24.7. The van der Waals surface area contributed by atoms with E-state index in [4.69, 9.17) is 4.74 Å². The quantitative estimate of drug-likeness (QED) is 0.192. The van der Waals surface area contributed by atoms with Gasteiger partial charge in [-0.2, -0.15) is 0 Å². The number of alkyl halides is 5. The summed E-state index contributed by atoms with van der Waals surface area (Å²) in [5.41, 5.74) is -1.62. The molecule has 3 aromatic rings. The molecule has 1 aliphatic rings. The highest BCUT2D eigenvalue weighted by atomic mass is 19.3. The largest absolute Gasteiger partial charge is 0.445 e. The van der Waals surface area contributed by atoms with E-state index in [2.05, 4.69) is 20.6 Å². The van der Waals surface area contributed by atoms with Gasteiger partial charge >= 0.3 is 6.09 Å². The van der Waals surface area contributed by atoms with Gasteiger partial charge < -0.3 is 20.4 Å². The number of alkyl carbamates (subject to hydrolysis) is 1. The molecule has 1 fully saturated rings. The van der Waals surface area contributed by atoms with Crippen molar-refractivity contribution in [3.63, 3.8) is 0 Å². The summed E-state index contributed by atoms with van der Waals surface area (Å²) in [7, 11) is 0. The van der Waals surface area contributed by atoms with Gasteiger partial charge in [0.05, 0.1) is 24.0 Å². The molecule has 13 heteroatoms. The van der Waals surface area contributed by atoms with Crippen LogP contribution in [-0.4, -0.2) is 46.0 Å². The highest BCUT2D eigenvalue weighted by molar-refractivity contribution is 5.86. The first-order valence-corrected chi connectivity index (χ1v) is 14.4. The molecule has 2 aromatic carbocycles. The Labute approximate surface area is 251 Å². The molecule has 2 atom stereocenters. The number of carbonyl (C=O) groups is 2. The molecule has 1 aliphatic carbocycles. The fourth-order valence-electron chi connectivity index (χ4n) is 5.31. The van der Waals surface area contributed by atoms with Gasteiger partial charge in [0.15, 0.2) is 5.82 Å². The van der Waals surface area contributed by atoms with Crippen molar-refractivity contribution in [3.8, 4) is 0 Å². The maximum atomic E-state index is 15.9. The molecule has 0 radical (unpaired) electrons. The average Bonchev–Trinajstić information content (AvgIpc) is 3.38. The number of hydrogen-bond donors (Lipinski definition) is 3. The van der Waals surface area contributed by atoms with Crippen molar-refractivity contribution in [2.24, 2.45) is 5.92 Å². The molecule has 0 aliphatic heterocycles. The first-order chi connectivity index (χ1) is 20.5. The van der Waals surface area contributed by atoms with E-state index in [1.165, 1.54) is 26.0 Å². The average molecular weight is 627 g/mol. The fourth-order valence-corrected chi connectivity index (χ4v) is 5.31. The number of rotatable bonds is 11. The van der Waals surface area contributed by atoms with E-state index in [9.17, 15) is 31.5 Å². The predicted octanol–water partition coefficient (Wildman–Crippen LogP) is 7.49. The number of ether oxygens (including phenoxy) is 1. The topological polar surface area (TPSA) is 96.1 Å². The van der Waals surface area contributed by atoms with Gasteiger partial charge in [0.1, 0.15) is 23.6 Å². The number of H-pyrrole nitrogens is 1. The summed E-state index contributed by atoms with van der Waals surface area (Å²) in [4.78, 5) is 32.9. The van der Waals surface area contributed by atoms with Crippen molar-refractivity contribution >= 4 is 23.0 Å².